The Hall–Kier alpha value is -0.770. The van der Waals surface area contributed by atoms with Crippen LogP contribution in [0.2, 0.25) is 0 Å². The standard InChI is InChI=1S/C11H15N3.2ClH/c1-8(2)14-10-6-4-3-5-9(10)13-11(14)7-12;;/h3-6,8H,7,12H2,1-2H3;2*1H. The number of imidazole rings is 1. The molecule has 5 heteroatoms. The fourth-order valence-corrected chi connectivity index (χ4v) is 1.81. The number of nitrogens with zero attached hydrogens (tertiary/aromatic N) is 2. The molecule has 0 fully saturated rings. The van der Waals surface area contributed by atoms with Crippen molar-refractivity contribution in [3.05, 3.63) is 30.1 Å². The maximum atomic E-state index is 5.67. The molecule has 0 bridgehead atoms. The van der Waals surface area contributed by atoms with Crippen molar-refractivity contribution in [1.82, 2.24) is 9.55 Å². The second kappa shape index (κ2) is 6.09. The number of nitrogens with two attached hydrogens (primary N) is 1. The van der Waals surface area contributed by atoms with Gasteiger partial charge in [0.25, 0.3) is 0 Å². The first kappa shape index (κ1) is 15.2. The lowest BCUT2D eigenvalue weighted by Crippen LogP contribution is -2.10. The summed E-state index contributed by atoms with van der Waals surface area (Å²) in [6.45, 7) is 4.79. The van der Waals surface area contributed by atoms with E-state index in [1.807, 2.05) is 18.2 Å². The monoisotopic (exact) mass is 261 g/mol. The molecule has 3 nitrogen and oxygen atoms in total. The second-order valence-electron chi connectivity index (χ2n) is 3.68. The Morgan fingerprint density at radius 1 is 1.25 bits per heavy atom. The Balaban J connectivity index is 0.00000112. The predicted molar refractivity (Wildman–Crippen MR) is 72.5 cm³/mol. The smallest absolute Gasteiger partial charge is 0.123 e. The van der Waals surface area contributed by atoms with Crippen molar-refractivity contribution in [2.24, 2.45) is 5.73 Å². The molecule has 2 rings (SSSR count). The van der Waals surface area contributed by atoms with E-state index in [4.69, 9.17) is 5.73 Å². The van der Waals surface area contributed by atoms with E-state index in [0.717, 1.165) is 11.3 Å². The minimum Gasteiger partial charge on any atom is -0.324 e. The third kappa shape index (κ3) is 2.48. The van der Waals surface area contributed by atoms with Crippen LogP contribution in [0.3, 0.4) is 0 Å². The van der Waals surface area contributed by atoms with Crippen LogP contribution in [0.4, 0.5) is 0 Å². The van der Waals surface area contributed by atoms with Crippen molar-refractivity contribution in [1.29, 1.82) is 0 Å². The van der Waals surface area contributed by atoms with E-state index in [1.165, 1.54) is 5.52 Å². The molecule has 0 aliphatic carbocycles. The molecule has 0 saturated heterocycles. The van der Waals surface area contributed by atoms with Gasteiger partial charge < -0.3 is 10.3 Å². The Labute approximate surface area is 108 Å². The Kier molecular flexibility index (Phi) is 5.79. The molecular formula is C11H17Cl2N3. The van der Waals surface area contributed by atoms with Gasteiger partial charge in [-0.1, -0.05) is 12.1 Å². The topological polar surface area (TPSA) is 43.8 Å². The number of hydrogen-bond donors (Lipinski definition) is 1. The van der Waals surface area contributed by atoms with E-state index in [0.29, 0.717) is 12.6 Å². The van der Waals surface area contributed by atoms with E-state index < -0.39 is 0 Å². The highest BCUT2D eigenvalue weighted by atomic mass is 35.5. The van der Waals surface area contributed by atoms with Gasteiger partial charge in [0.2, 0.25) is 0 Å². The molecule has 0 aliphatic heterocycles. The minimum absolute atomic E-state index is 0. The summed E-state index contributed by atoms with van der Waals surface area (Å²) in [7, 11) is 0. The molecule has 1 heterocycles. The molecule has 0 atom stereocenters. The molecule has 2 aromatic rings. The maximum Gasteiger partial charge on any atom is 0.123 e. The summed E-state index contributed by atoms with van der Waals surface area (Å²) >= 11 is 0. The fraction of sp³-hybridized carbons (Fsp3) is 0.364. The van der Waals surface area contributed by atoms with Gasteiger partial charge >= 0.3 is 0 Å². The van der Waals surface area contributed by atoms with E-state index in [1.54, 1.807) is 0 Å². The molecule has 0 saturated carbocycles. The molecular weight excluding hydrogens is 245 g/mol. The summed E-state index contributed by atoms with van der Waals surface area (Å²) in [4.78, 5) is 4.49. The highest BCUT2D eigenvalue weighted by Crippen LogP contribution is 2.20. The summed E-state index contributed by atoms with van der Waals surface area (Å²) in [5.74, 6) is 0.959. The zero-order valence-electron chi connectivity index (χ0n) is 9.38. The van der Waals surface area contributed by atoms with Gasteiger partial charge in [-0.2, -0.15) is 0 Å². The Morgan fingerprint density at radius 3 is 2.44 bits per heavy atom. The van der Waals surface area contributed by atoms with Crippen molar-refractivity contribution in [3.63, 3.8) is 0 Å². The summed E-state index contributed by atoms with van der Waals surface area (Å²) in [6, 6.07) is 8.54. The molecule has 1 aromatic heterocycles. The molecule has 0 aliphatic rings. The number of rotatable bonds is 2. The van der Waals surface area contributed by atoms with Crippen LogP contribution in [0.25, 0.3) is 11.0 Å². The second-order valence-corrected chi connectivity index (χ2v) is 3.68. The molecule has 0 spiro atoms. The number of fused-ring (bicyclic) bond motifs is 1. The van der Waals surface area contributed by atoms with E-state index in [2.05, 4.69) is 29.5 Å². The SMILES string of the molecule is CC(C)n1c(CN)nc2ccccc21.Cl.Cl. The van der Waals surface area contributed by atoms with Gasteiger partial charge in [-0.3, -0.25) is 0 Å². The van der Waals surface area contributed by atoms with Crippen molar-refractivity contribution < 1.29 is 0 Å². The van der Waals surface area contributed by atoms with Crippen LogP contribution in [0, 0.1) is 0 Å². The fourth-order valence-electron chi connectivity index (χ4n) is 1.81. The zero-order chi connectivity index (χ0) is 10.1. The van der Waals surface area contributed by atoms with Crippen LogP contribution in [0.1, 0.15) is 25.7 Å². The molecule has 90 valence electrons. The first-order valence-corrected chi connectivity index (χ1v) is 4.90. The predicted octanol–water partition coefficient (Wildman–Crippen LogP) is 2.92. The summed E-state index contributed by atoms with van der Waals surface area (Å²) in [5.41, 5.74) is 7.87. The van der Waals surface area contributed by atoms with Gasteiger partial charge in [0.1, 0.15) is 5.82 Å². The van der Waals surface area contributed by atoms with Gasteiger partial charge in [-0.05, 0) is 26.0 Å². The van der Waals surface area contributed by atoms with Crippen LogP contribution in [0.5, 0.6) is 0 Å². The Bertz CT molecular complexity index is 451. The summed E-state index contributed by atoms with van der Waals surface area (Å²) in [6.07, 6.45) is 0. The molecule has 0 unspecified atom stereocenters. The number of benzene rings is 1. The third-order valence-corrected chi connectivity index (χ3v) is 2.37. The molecule has 16 heavy (non-hydrogen) atoms. The van der Waals surface area contributed by atoms with E-state index in [9.17, 15) is 0 Å². The van der Waals surface area contributed by atoms with Crippen LogP contribution in [-0.2, 0) is 6.54 Å². The molecule has 1 aromatic carbocycles. The van der Waals surface area contributed by atoms with Gasteiger partial charge in [-0.15, -0.1) is 24.8 Å². The largest absolute Gasteiger partial charge is 0.324 e. The quantitative estimate of drug-likeness (QED) is 0.904. The van der Waals surface area contributed by atoms with Crippen molar-refractivity contribution >= 4 is 35.8 Å². The molecule has 0 radical (unpaired) electrons. The van der Waals surface area contributed by atoms with Crippen molar-refractivity contribution in [2.45, 2.75) is 26.4 Å². The molecule has 0 amide bonds. The van der Waals surface area contributed by atoms with Crippen LogP contribution in [0.15, 0.2) is 24.3 Å². The highest BCUT2D eigenvalue weighted by molar-refractivity contribution is 5.85. The van der Waals surface area contributed by atoms with Crippen LogP contribution < -0.4 is 5.73 Å². The van der Waals surface area contributed by atoms with Crippen LogP contribution >= 0.6 is 24.8 Å². The van der Waals surface area contributed by atoms with Gasteiger partial charge in [0, 0.05) is 6.04 Å². The lowest BCUT2D eigenvalue weighted by molar-refractivity contribution is 0.585. The average Bonchev–Trinajstić information content (AvgIpc) is 2.55. The maximum absolute atomic E-state index is 5.67. The normalized spacial score (nSPS) is 10.0. The lowest BCUT2D eigenvalue weighted by Gasteiger charge is -2.11. The van der Waals surface area contributed by atoms with Gasteiger partial charge in [0.15, 0.2) is 0 Å². The third-order valence-electron chi connectivity index (χ3n) is 2.37. The number of halogens is 2. The summed E-state index contributed by atoms with van der Waals surface area (Å²) in [5, 5.41) is 0. The van der Waals surface area contributed by atoms with Crippen molar-refractivity contribution in [3.8, 4) is 0 Å². The zero-order valence-corrected chi connectivity index (χ0v) is 11.0. The number of aromatic nitrogens is 2. The minimum atomic E-state index is 0. The number of hydrogen-bond acceptors (Lipinski definition) is 2. The van der Waals surface area contributed by atoms with E-state index in [-0.39, 0.29) is 24.8 Å². The Morgan fingerprint density at radius 2 is 1.88 bits per heavy atom. The van der Waals surface area contributed by atoms with Gasteiger partial charge in [0.05, 0.1) is 17.6 Å². The highest BCUT2D eigenvalue weighted by Gasteiger charge is 2.10. The van der Waals surface area contributed by atoms with Crippen molar-refractivity contribution in [2.75, 3.05) is 0 Å². The number of para-hydroxylation sites is 2. The van der Waals surface area contributed by atoms with Crippen LogP contribution in [-0.4, -0.2) is 9.55 Å². The lowest BCUT2D eigenvalue weighted by atomic mass is 10.3. The summed E-state index contributed by atoms with van der Waals surface area (Å²) < 4.78 is 2.19. The van der Waals surface area contributed by atoms with Gasteiger partial charge in [-0.25, -0.2) is 4.98 Å². The average molecular weight is 262 g/mol. The first-order chi connectivity index (χ1) is 6.74. The van der Waals surface area contributed by atoms with E-state index >= 15 is 0 Å². The first-order valence-electron chi connectivity index (χ1n) is 4.90. The molecule has 2 N–H and O–H groups in total.